The topological polar surface area (TPSA) is 64.9 Å². The van der Waals surface area contributed by atoms with E-state index in [0.29, 0.717) is 17.2 Å². The minimum absolute atomic E-state index is 0.223. The van der Waals surface area contributed by atoms with Gasteiger partial charge < -0.3 is 19.2 Å². The Labute approximate surface area is 167 Å². The molecule has 0 aliphatic carbocycles. The summed E-state index contributed by atoms with van der Waals surface area (Å²) in [6.07, 6.45) is 7.13. The fourth-order valence-corrected chi connectivity index (χ4v) is 3.24. The number of rotatable bonds is 4. The van der Waals surface area contributed by atoms with Crippen molar-refractivity contribution in [1.29, 1.82) is 0 Å². The van der Waals surface area contributed by atoms with Crippen LogP contribution in [0.5, 0.6) is 11.5 Å². The van der Waals surface area contributed by atoms with Gasteiger partial charge in [0.2, 0.25) is 12.7 Å². The van der Waals surface area contributed by atoms with E-state index in [4.69, 9.17) is 9.47 Å². The van der Waals surface area contributed by atoms with Gasteiger partial charge in [-0.15, -0.1) is 0 Å². The normalized spacial score (nSPS) is 12.6. The van der Waals surface area contributed by atoms with Gasteiger partial charge in [0.15, 0.2) is 11.5 Å². The molecule has 0 bridgehead atoms. The Hall–Kier alpha value is -4.06. The van der Waals surface area contributed by atoms with Gasteiger partial charge in [0.25, 0.3) is 0 Å². The minimum Gasteiger partial charge on any atom is -0.454 e. The number of amides is 1. The third-order valence-electron chi connectivity index (χ3n) is 4.65. The van der Waals surface area contributed by atoms with E-state index >= 15 is 0 Å². The number of hydrogen-bond donors (Lipinski definition) is 1. The Morgan fingerprint density at radius 3 is 2.83 bits per heavy atom. The van der Waals surface area contributed by atoms with Crippen LogP contribution < -0.4 is 14.8 Å². The van der Waals surface area contributed by atoms with Gasteiger partial charge in [-0.05, 0) is 42.0 Å². The smallest absolute Gasteiger partial charge is 0.248 e. The number of carbonyl (C=O) groups excluding carboxylic acids is 1. The molecule has 2 aromatic heterocycles. The number of benzene rings is 2. The summed E-state index contributed by atoms with van der Waals surface area (Å²) in [5, 5.41) is 2.94. The first-order valence-electron chi connectivity index (χ1n) is 9.18. The van der Waals surface area contributed by atoms with E-state index in [0.717, 1.165) is 22.5 Å². The predicted molar refractivity (Wildman–Crippen MR) is 111 cm³/mol. The number of nitrogens with zero attached hydrogens (tertiary/aromatic N) is 2. The number of anilines is 1. The molecule has 0 fully saturated rings. The van der Waals surface area contributed by atoms with Crippen LogP contribution >= 0.6 is 0 Å². The zero-order chi connectivity index (χ0) is 19.6. The monoisotopic (exact) mass is 383 g/mol. The first kappa shape index (κ1) is 17.1. The quantitative estimate of drug-likeness (QED) is 0.531. The second-order valence-electron chi connectivity index (χ2n) is 6.57. The molecule has 6 nitrogen and oxygen atoms in total. The second kappa shape index (κ2) is 7.16. The van der Waals surface area contributed by atoms with Gasteiger partial charge >= 0.3 is 0 Å². The zero-order valence-electron chi connectivity index (χ0n) is 15.4. The molecule has 1 amide bonds. The molecule has 0 unspecified atom stereocenters. The van der Waals surface area contributed by atoms with Crippen LogP contribution in [0.3, 0.4) is 0 Å². The summed E-state index contributed by atoms with van der Waals surface area (Å²) in [6.45, 7) is 0.225. The maximum absolute atomic E-state index is 12.5. The van der Waals surface area contributed by atoms with Gasteiger partial charge in [-0.2, -0.15) is 0 Å². The number of fused-ring (bicyclic) bond motifs is 2. The fourth-order valence-electron chi connectivity index (χ4n) is 3.24. The third kappa shape index (κ3) is 3.43. The summed E-state index contributed by atoms with van der Waals surface area (Å²) in [5.74, 6) is 1.18. The van der Waals surface area contributed by atoms with Crippen molar-refractivity contribution < 1.29 is 14.3 Å². The zero-order valence-corrected chi connectivity index (χ0v) is 15.4. The van der Waals surface area contributed by atoms with E-state index in [2.05, 4.69) is 10.3 Å². The van der Waals surface area contributed by atoms with E-state index in [1.165, 1.54) is 6.08 Å². The van der Waals surface area contributed by atoms with Gasteiger partial charge in [0, 0.05) is 24.0 Å². The van der Waals surface area contributed by atoms with E-state index in [1.807, 2.05) is 77.5 Å². The van der Waals surface area contributed by atoms with E-state index in [9.17, 15) is 4.79 Å². The number of imidazole rings is 1. The summed E-state index contributed by atoms with van der Waals surface area (Å²) >= 11 is 0. The molecule has 1 N–H and O–H groups in total. The van der Waals surface area contributed by atoms with E-state index in [1.54, 1.807) is 6.08 Å². The maximum Gasteiger partial charge on any atom is 0.248 e. The first-order chi connectivity index (χ1) is 14.3. The van der Waals surface area contributed by atoms with Crippen LogP contribution in [0.15, 0.2) is 79.1 Å². The summed E-state index contributed by atoms with van der Waals surface area (Å²) < 4.78 is 12.6. The lowest BCUT2D eigenvalue weighted by molar-refractivity contribution is -0.111. The minimum atomic E-state index is -0.223. The predicted octanol–water partition coefficient (Wildman–Crippen LogP) is 4.38. The third-order valence-corrected chi connectivity index (χ3v) is 4.65. The van der Waals surface area contributed by atoms with E-state index in [-0.39, 0.29) is 12.7 Å². The number of aromatic nitrogens is 2. The summed E-state index contributed by atoms with van der Waals surface area (Å²) in [5.41, 5.74) is 4.08. The largest absolute Gasteiger partial charge is 0.454 e. The summed E-state index contributed by atoms with van der Waals surface area (Å²) in [6, 6.07) is 19.0. The first-order valence-corrected chi connectivity index (χ1v) is 9.18. The highest BCUT2D eigenvalue weighted by molar-refractivity contribution is 6.04. The lowest BCUT2D eigenvalue weighted by Gasteiger charge is -2.07. The van der Waals surface area contributed by atoms with Crippen molar-refractivity contribution in [3.63, 3.8) is 0 Å². The number of hydrogen-bond acceptors (Lipinski definition) is 4. The molecular weight excluding hydrogens is 366 g/mol. The maximum atomic E-state index is 12.5. The van der Waals surface area contributed by atoms with Gasteiger partial charge in [0.1, 0.15) is 5.65 Å². The van der Waals surface area contributed by atoms with Crippen molar-refractivity contribution in [2.45, 2.75) is 0 Å². The van der Waals surface area contributed by atoms with Crippen LogP contribution in [0.4, 0.5) is 5.69 Å². The molecule has 0 spiro atoms. The van der Waals surface area contributed by atoms with Crippen LogP contribution in [0.2, 0.25) is 0 Å². The number of ether oxygens (including phenoxy) is 2. The highest BCUT2D eigenvalue weighted by Crippen LogP contribution is 2.33. The van der Waals surface area contributed by atoms with Crippen LogP contribution in [0, 0.1) is 0 Å². The molecule has 0 radical (unpaired) electrons. The second-order valence-corrected chi connectivity index (χ2v) is 6.57. The van der Waals surface area contributed by atoms with Crippen LogP contribution in [0.25, 0.3) is 23.0 Å². The number of para-hydroxylation sites is 1. The molecule has 0 atom stereocenters. The van der Waals surface area contributed by atoms with Crippen molar-refractivity contribution in [2.24, 2.45) is 0 Å². The highest BCUT2D eigenvalue weighted by atomic mass is 16.7. The van der Waals surface area contributed by atoms with E-state index < -0.39 is 0 Å². The average molecular weight is 383 g/mol. The average Bonchev–Trinajstić information content (AvgIpc) is 3.39. The molecule has 1 aliphatic rings. The molecule has 1 aliphatic heterocycles. The van der Waals surface area contributed by atoms with Crippen molar-refractivity contribution in [2.75, 3.05) is 12.1 Å². The Morgan fingerprint density at radius 1 is 1.03 bits per heavy atom. The molecule has 2 aromatic carbocycles. The molecule has 0 saturated carbocycles. The van der Waals surface area contributed by atoms with Crippen molar-refractivity contribution in [3.05, 3.63) is 84.7 Å². The number of nitrogens with one attached hydrogen (secondary N) is 1. The Balaban J connectivity index is 1.37. The Kier molecular flexibility index (Phi) is 4.22. The molecule has 142 valence electrons. The van der Waals surface area contributed by atoms with Gasteiger partial charge in [-0.1, -0.05) is 30.3 Å². The van der Waals surface area contributed by atoms with Crippen LogP contribution in [-0.2, 0) is 4.79 Å². The van der Waals surface area contributed by atoms with Crippen LogP contribution in [0.1, 0.15) is 5.56 Å². The lowest BCUT2D eigenvalue weighted by atomic mass is 10.1. The Bertz CT molecular complexity index is 1210. The summed E-state index contributed by atoms with van der Waals surface area (Å²) in [7, 11) is 0. The van der Waals surface area contributed by atoms with Gasteiger partial charge in [-0.3, -0.25) is 4.79 Å². The van der Waals surface area contributed by atoms with Gasteiger partial charge in [-0.25, -0.2) is 4.98 Å². The lowest BCUT2D eigenvalue weighted by Crippen LogP contribution is -2.08. The van der Waals surface area contributed by atoms with Crippen molar-refractivity contribution >= 4 is 23.3 Å². The molecule has 4 aromatic rings. The molecule has 0 saturated heterocycles. The van der Waals surface area contributed by atoms with Crippen LogP contribution in [-0.4, -0.2) is 22.1 Å². The standard InChI is InChI=1S/C23H17N3O3/c27-23(11-9-16-8-10-20-21(13-16)29-15-28-20)25-18-6-2-1-5-17(18)19-14-26-12-4-3-7-22(26)24-19/h1-14H,15H2,(H,25,27)/b11-9+. The fraction of sp³-hybridized carbons (Fsp3) is 0.0435. The molecule has 6 heteroatoms. The number of pyridine rings is 1. The number of carbonyl (C=O) groups is 1. The SMILES string of the molecule is O=C(/C=C/c1ccc2c(c1)OCO2)Nc1ccccc1-c1cn2ccccc2n1. The molecular formula is C23H17N3O3. The van der Waals surface area contributed by atoms with Gasteiger partial charge in [0.05, 0.1) is 11.4 Å². The molecule has 29 heavy (non-hydrogen) atoms. The van der Waals surface area contributed by atoms with Crippen molar-refractivity contribution in [3.8, 4) is 22.8 Å². The van der Waals surface area contributed by atoms with Crippen molar-refractivity contribution in [1.82, 2.24) is 9.38 Å². The molecule has 3 heterocycles. The molecule has 5 rings (SSSR count). The summed E-state index contributed by atoms with van der Waals surface area (Å²) in [4.78, 5) is 17.1. The Morgan fingerprint density at radius 2 is 1.90 bits per heavy atom. The highest BCUT2D eigenvalue weighted by Gasteiger charge is 2.13.